The van der Waals surface area contributed by atoms with Crippen molar-refractivity contribution in [3.63, 3.8) is 0 Å². The van der Waals surface area contributed by atoms with Crippen LogP contribution in [0, 0.1) is 6.92 Å². The van der Waals surface area contributed by atoms with Crippen molar-refractivity contribution < 1.29 is 29.4 Å². The third-order valence-electron chi connectivity index (χ3n) is 3.57. The van der Waals surface area contributed by atoms with Gasteiger partial charge in [0.25, 0.3) is 0 Å². The highest BCUT2D eigenvalue weighted by molar-refractivity contribution is 7.81. The molecule has 0 saturated carbocycles. The van der Waals surface area contributed by atoms with Gasteiger partial charge in [-0.2, -0.15) is 8.42 Å². The largest absolute Gasteiger partial charge is 0.488 e. The molecule has 1 N–H and O–H groups in total. The van der Waals surface area contributed by atoms with Gasteiger partial charge in [0.15, 0.2) is 0 Å². The number of nitrogens with zero attached hydrogens (tertiary/aromatic N) is 1. The van der Waals surface area contributed by atoms with E-state index >= 15 is 0 Å². The molecule has 1 fully saturated rings. The monoisotopic (exact) mass is 355 g/mol. The van der Waals surface area contributed by atoms with Crippen molar-refractivity contribution in [2.45, 2.75) is 13.2 Å². The number of hydrogen-bond donors (Lipinski definition) is 1. The third-order valence-corrected chi connectivity index (χ3v) is 3.96. The summed E-state index contributed by atoms with van der Waals surface area (Å²) in [6.45, 7) is -1.21. The number of rotatable bonds is 5. The summed E-state index contributed by atoms with van der Waals surface area (Å²) in [7, 11) is -5.30. The fraction of sp³-hybridized carbons (Fsp3) is 0.500. The maximum atomic E-state index is 12.8. The second-order valence-electron chi connectivity index (χ2n) is 5.35. The van der Waals surface area contributed by atoms with Crippen LogP contribution in [-0.2, 0) is 16.8 Å². The van der Waals surface area contributed by atoms with E-state index in [0.717, 1.165) is 6.07 Å². The van der Waals surface area contributed by atoms with Crippen LogP contribution in [0.3, 0.4) is 0 Å². The lowest BCUT2D eigenvalue weighted by Gasteiger charge is -2.32. The number of anilines is 1. The first-order valence-corrected chi connectivity index (χ1v) is 8.30. The van der Waals surface area contributed by atoms with Crippen molar-refractivity contribution in [1.82, 2.24) is 5.32 Å². The smallest absolute Gasteiger partial charge is 0.449 e. The number of benzene rings is 1. The Hall–Kier alpha value is -1.49. The summed E-state index contributed by atoms with van der Waals surface area (Å²) in [6.07, 6.45) is -1.19. The molecule has 11 heteroatoms. The number of piperazine rings is 1. The second kappa shape index (κ2) is 6.56. The zero-order valence-corrected chi connectivity index (χ0v) is 13.2. The summed E-state index contributed by atoms with van der Waals surface area (Å²) in [6, 6.07) is 2.18. The van der Waals surface area contributed by atoms with Crippen LogP contribution in [0.2, 0.25) is 0 Å². The first-order chi connectivity index (χ1) is 10.6. The van der Waals surface area contributed by atoms with Crippen molar-refractivity contribution in [3.8, 4) is 5.75 Å². The molecule has 1 saturated heterocycles. The fourth-order valence-corrected chi connectivity index (χ4v) is 2.91. The first-order valence-electron chi connectivity index (χ1n) is 6.99. The third kappa shape index (κ3) is 5.27. The molecule has 1 aromatic carbocycles. The predicted molar refractivity (Wildman–Crippen MR) is 79.7 cm³/mol. The van der Waals surface area contributed by atoms with E-state index in [2.05, 4.69) is 9.50 Å². The SMILES string of the molecule is Cc1c(C[B-](F)(F)F)cc(OS(=O)(=O)F)cc1N1CCNCC1. The molecule has 0 bridgehead atoms. The average molecular weight is 355 g/mol. The Labute approximate surface area is 132 Å². The molecule has 0 aromatic heterocycles. The van der Waals surface area contributed by atoms with E-state index in [9.17, 15) is 25.3 Å². The Kier molecular flexibility index (Phi) is 5.09. The van der Waals surface area contributed by atoms with Gasteiger partial charge in [-0.3, -0.25) is 0 Å². The molecule has 130 valence electrons. The maximum absolute atomic E-state index is 12.8. The lowest BCUT2D eigenvalue weighted by atomic mass is 9.80. The predicted octanol–water partition coefficient (Wildman–Crippen LogP) is 1.93. The molecular formula is C12H16BF4N2O3S-. The molecule has 5 nitrogen and oxygen atoms in total. The lowest BCUT2D eigenvalue weighted by Crippen LogP contribution is -2.44. The van der Waals surface area contributed by atoms with Gasteiger partial charge in [0, 0.05) is 37.9 Å². The summed E-state index contributed by atoms with van der Waals surface area (Å²) in [5.41, 5.74) is 0.685. The van der Waals surface area contributed by atoms with E-state index in [1.807, 2.05) is 4.90 Å². The Morgan fingerprint density at radius 3 is 2.39 bits per heavy atom. The van der Waals surface area contributed by atoms with Gasteiger partial charge in [-0.15, -0.1) is 0 Å². The maximum Gasteiger partial charge on any atom is 0.488 e. The summed E-state index contributed by atoms with van der Waals surface area (Å²) in [4.78, 5) is 1.82. The summed E-state index contributed by atoms with van der Waals surface area (Å²) in [5.74, 6) is -0.457. The highest BCUT2D eigenvalue weighted by Crippen LogP contribution is 2.33. The van der Waals surface area contributed by atoms with E-state index in [1.54, 1.807) is 0 Å². The topological polar surface area (TPSA) is 58.6 Å². The highest BCUT2D eigenvalue weighted by atomic mass is 32.3. The van der Waals surface area contributed by atoms with Gasteiger partial charge in [0.2, 0.25) is 0 Å². The normalized spacial score (nSPS) is 16.5. The Balaban J connectivity index is 2.45. The molecule has 2 rings (SSSR count). The molecule has 1 aliphatic rings. The Bertz CT molecular complexity index is 676. The molecule has 1 aliphatic heterocycles. The number of halogens is 4. The van der Waals surface area contributed by atoms with E-state index in [1.165, 1.54) is 13.0 Å². The average Bonchev–Trinajstić information content (AvgIpc) is 2.40. The summed E-state index contributed by atoms with van der Waals surface area (Å²) in [5, 5.41) is 3.10. The van der Waals surface area contributed by atoms with Crippen LogP contribution >= 0.6 is 0 Å². The molecule has 23 heavy (non-hydrogen) atoms. The van der Waals surface area contributed by atoms with E-state index in [-0.39, 0.29) is 5.56 Å². The molecule has 1 heterocycles. The van der Waals surface area contributed by atoms with Gasteiger partial charge in [0.1, 0.15) is 5.75 Å². The standard InChI is InChI=1S/C12H16BF4N2O3S/c1-9-10(8-13(14,15)16)6-11(22-23(17,20)21)7-12(9)19-4-2-18-3-5-19/h6-7,18H,2-5,8H2,1H3/q-1. The van der Waals surface area contributed by atoms with Crippen LogP contribution in [0.15, 0.2) is 12.1 Å². The van der Waals surface area contributed by atoms with Crippen LogP contribution in [0.25, 0.3) is 0 Å². The first kappa shape index (κ1) is 17.9. The molecule has 0 spiro atoms. The Morgan fingerprint density at radius 2 is 1.87 bits per heavy atom. The van der Waals surface area contributed by atoms with Crippen LogP contribution in [0.5, 0.6) is 5.75 Å². The molecule has 0 radical (unpaired) electrons. The van der Waals surface area contributed by atoms with Crippen molar-refractivity contribution >= 4 is 23.2 Å². The van der Waals surface area contributed by atoms with Crippen molar-refractivity contribution in [1.29, 1.82) is 0 Å². The minimum absolute atomic E-state index is 0.118. The molecule has 0 atom stereocenters. The number of nitrogens with one attached hydrogen (secondary N) is 1. The van der Waals surface area contributed by atoms with Crippen LogP contribution in [-0.4, -0.2) is 41.6 Å². The molecule has 0 amide bonds. The van der Waals surface area contributed by atoms with Gasteiger partial charge < -0.3 is 27.3 Å². The minimum atomic E-state index is -5.30. The minimum Gasteiger partial charge on any atom is -0.449 e. The Morgan fingerprint density at radius 1 is 1.26 bits per heavy atom. The van der Waals surface area contributed by atoms with E-state index in [4.69, 9.17) is 0 Å². The van der Waals surface area contributed by atoms with Gasteiger partial charge in [0.05, 0.1) is 0 Å². The van der Waals surface area contributed by atoms with E-state index in [0.29, 0.717) is 37.4 Å². The van der Waals surface area contributed by atoms with Crippen LogP contribution in [0.1, 0.15) is 11.1 Å². The highest BCUT2D eigenvalue weighted by Gasteiger charge is 2.27. The van der Waals surface area contributed by atoms with Gasteiger partial charge >= 0.3 is 17.5 Å². The van der Waals surface area contributed by atoms with Crippen LogP contribution < -0.4 is 14.4 Å². The fourth-order valence-electron chi connectivity index (χ4n) is 2.59. The quantitative estimate of drug-likeness (QED) is 0.497. The van der Waals surface area contributed by atoms with Gasteiger partial charge in [-0.25, -0.2) is 0 Å². The van der Waals surface area contributed by atoms with Crippen LogP contribution in [0.4, 0.5) is 22.5 Å². The summed E-state index contributed by atoms with van der Waals surface area (Å²) < 4.78 is 76.5. The van der Waals surface area contributed by atoms with Crippen molar-refractivity contribution in [2.75, 3.05) is 31.1 Å². The number of hydrogen-bond acceptors (Lipinski definition) is 5. The van der Waals surface area contributed by atoms with Gasteiger partial charge in [-0.05, 0) is 18.6 Å². The summed E-state index contributed by atoms with van der Waals surface area (Å²) >= 11 is 0. The lowest BCUT2D eigenvalue weighted by molar-refractivity contribution is 0.439. The molecule has 0 unspecified atom stereocenters. The zero-order chi connectivity index (χ0) is 17.3. The second-order valence-corrected chi connectivity index (χ2v) is 6.31. The molecule has 1 aromatic rings. The zero-order valence-electron chi connectivity index (χ0n) is 12.4. The molecular weight excluding hydrogens is 339 g/mol. The van der Waals surface area contributed by atoms with Crippen molar-refractivity contribution in [3.05, 3.63) is 23.3 Å². The van der Waals surface area contributed by atoms with Gasteiger partial charge in [-0.1, -0.05) is 15.8 Å². The van der Waals surface area contributed by atoms with Crippen molar-refractivity contribution in [2.24, 2.45) is 0 Å². The molecule has 0 aliphatic carbocycles. The van der Waals surface area contributed by atoms with E-state index < -0.39 is 29.6 Å².